The molecule has 0 fully saturated rings. The van der Waals surface area contributed by atoms with E-state index in [1.165, 1.54) is 6.92 Å². The van der Waals surface area contributed by atoms with Crippen molar-refractivity contribution in [1.82, 2.24) is 0 Å². The van der Waals surface area contributed by atoms with Gasteiger partial charge in [-0.2, -0.15) is 0 Å². The fourth-order valence-electron chi connectivity index (χ4n) is 1.87. The summed E-state index contributed by atoms with van der Waals surface area (Å²) in [4.78, 5) is 28.8. The van der Waals surface area contributed by atoms with Crippen LogP contribution in [0.5, 0.6) is 11.5 Å². The van der Waals surface area contributed by atoms with Crippen molar-refractivity contribution in [2.75, 3.05) is 14.2 Å². The molecule has 0 amide bonds. The van der Waals surface area contributed by atoms with Crippen molar-refractivity contribution in [1.29, 1.82) is 0 Å². The molecule has 26 heavy (non-hydrogen) atoms. The van der Waals surface area contributed by atoms with E-state index in [0.717, 1.165) is 11.5 Å². The average Bonchev–Trinajstić information content (AvgIpc) is 2.61. The molecule has 11 heteroatoms. The van der Waals surface area contributed by atoms with E-state index in [2.05, 4.69) is 0 Å². The van der Waals surface area contributed by atoms with Gasteiger partial charge in [-0.25, -0.2) is 0 Å². The number of nitro benzene ring substituents is 3. The molecule has 0 heterocycles. The van der Waals surface area contributed by atoms with Crippen LogP contribution in [-0.2, 0) is 0 Å². The average molecular weight is 365 g/mol. The van der Waals surface area contributed by atoms with E-state index < -0.39 is 31.8 Å². The van der Waals surface area contributed by atoms with Gasteiger partial charge >= 0.3 is 0 Å². The monoisotopic (exact) mass is 365 g/mol. The van der Waals surface area contributed by atoms with Crippen LogP contribution in [0.1, 0.15) is 5.56 Å². The van der Waals surface area contributed by atoms with Gasteiger partial charge in [0.2, 0.25) is 0 Å². The minimum absolute atomic E-state index is 0.208. The second kappa shape index (κ2) is 8.92. The Labute approximate surface area is 147 Å². The van der Waals surface area contributed by atoms with E-state index in [-0.39, 0.29) is 5.56 Å². The van der Waals surface area contributed by atoms with Crippen molar-refractivity contribution in [3.63, 3.8) is 0 Å². The van der Waals surface area contributed by atoms with Gasteiger partial charge in [0.05, 0.1) is 41.1 Å². The highest BCUT2D eigenvalue weighted by Gasteiger charge is 2.27. The second-order valence-corrected chi connectivity index (χ2v) is 4.76. The van der Waals surface area contributed by atoms with Crippen molar-refractivity contribution in [3.8, 4) is 11.5 Å². The first-order valence-electron chi connectivity index (χ1n) is 6.97. The van der Waals surface area contributed by atoms with Crippen LogP contribution in [0.25, 0.3) is 0 Å². The predicted octanol–water partition coefficient (Wildman–Crippen LogP) is 3.42. The molecule has 0 unspecified atom stereocenters. The number of ether oxygens (including phenoxy) is 2. The molecule has 11 nitrogen and oxygen atoms in total. The lowest BCUT2D eigenvalue weighted by Gasteiger charge is -2.00. The molecule has 2 rings (SSSR count). The molecule has 0 atom stereocenters. The zero-order chi connectivity index (χ0) is 19.9. The molecule has 0 saturated carbocycles. The maximum atomic E-state index is 10.5. The van der Waals surface area contributed by atoms with Gasteiger partial charge in [0.1, 0.15) is 17.1 Å². The lowest BCUT2D eigenvalue weighted by molar-refractivity contribution is -0.403. The summed E-state index contributed by atoms with van der Waals surface area (Å²) in [5.41, 5.74) is -2.16. The van der Waals surface area contributed by atoms with Crippen LogP contribution in [0.3, 0.4) is 0 Å². The molecule has 0 aromatic heterocycles. The molecule has 0 bridgehead atoms. The lowest BCUT2D eigenvalue weighted by Crippen LogP contribution is -2.00. The molecular formula is C15H15N3O8. The Hall–Kier alpha value is -3.76. The molecule has 0 aliphatic heterocycles. The summed E-state index contributed by atoms with van der Waals surface area (Å²) in [7, 11) is 3.28. The van der Waals surface area contributed by atoms with Crippen LogP contribution in [0.15, 0.2) is 36.4 Å². The highest BCUT2D eigenvalue weighted by Crippen LogP contribution is 2.32. The number of methoxy groups -OCH3 is 2. The van der Waals surface area contributed by atoms with E-state index in [1.54, 1.807) is 14.2 Å². The Morgan fingerprint density at radius 1 is 0.731 bits per heavy atom. The summed E-state index contributed by atoms with van der Waals surface area (Å²) >= 11 is 0. The van der Waals surface area contributed by atoms with Crippen LogP contribution in [-0.4, -0.2) is 29.0 Å². The molecule has 0 N–H and O–H groups in total. The Morgan fingerprint density at radius 3 is 1.31 bits per heavy atom. The fraction of sp³-hybridized carbons (Fsp3) is 0.200. The van der Waals surface area contributed by atoms with Crippen molar-refractivity contribution < 1.29 is 24.2 Å². The maximum Gasteiger partial charge on any atom is 0.286 e. The van der Waals surface area contributed by atoms with E-state index in [9.17, 15) is 30.3 Å². The van der Waals surface area contributed by atoms with Gasteiger partial charge in [-0.3, -0.25) is 30.3 Å². The van der Waals surface area contributed by atoms with E-state index >= 15 is 0 Å². The molecule has 0 radical (unpaired) electrons. The number of rotatable bonds is 5. The van der Waals surface area contributed by atoms with E-state index in [0.29, 0.717) is 12.1 Å². The Balaban J connectivity index is 0.000000289. The first-order valence-corrected chi connectivity index (χ1v) is 6.97. The van der Waals surface area contributed by atoms with Gasteiger partial charge in [0.15, 0.2) is 0 Å². The predicted molar refractivity (Wildman–Crippen MR) is 90.7 cm³/mol. The van der Waals surface area contributed by atoms with Crippen LogP contribution in [0.2, 0.25) is 0 Å². The first kappa shape index (κ1) is 20.3. The Kier molecular flexibility index (Phi) is 6.96. The van der Waals surface area contributed by atoms with Gasteiger partial charge in [0, 0.05) is 0 Å². The number of non-ortho nitro benzene ring substituents is 1. The first-order chi connectivity index (χ1) is 12.2. The van der Waals surface area contributed by atoms with Gasteiger partial charge < -0.3 is 9.47 Å². The summed E-state index contributed by atoms with van der Waals surface area (Å²) in [6.45, 7) is 1.17. The topological polar surface area (TPSA) is 148 Å². The molecule has 2 aromatic carbocycles. The maximum absolute atomic E-state index is 10.5. The highest BCUT2D eigenvalue weighted by molar-refractivity contribution is 5.59. The number of hydrogen-bond donors (Lipinski definition) is 0. The molecule has 2 aromatic rings. The van der Waals surface area contributed by atoms with Gasteiger partial charge in [0.25, 0.3) is 17.1 Å². The summed E-state index contributed by atoms with van der Waals surface area (Å²) < 4.78 is 9.92. The zero-order valence-corrected chi connectivity index (χ0v) is 14.1. The van der Waals surface area contributed by atoms with Gasteiger partial charge in [-0.15, -0.1) is 0 Å². The highest BCUT2D eigenvalue weighted by atomic mass is 16.6. The van der Waals surface area contributed by atoms with E-state index in [1.807, 2.05) is 24.3 Å². The largest absolute Gasteiger partial charge is 0.497 e. The standard InChI is InChI=1S/C8H10O2.C7H5N3O6/c1-9-7-3-5-8(10-2)6-4-7;1-4-6(9(13)14)2-5(8(11)12)3-7(4)10(15)16/h3-6H,1-2H3;2-3H,1H3. The quantitative estimate of drug-likeness (QED) is 0.578. The molecular weight excluding hydrogens is 350 g/mol. The zero-order valence-electron chi connectivity index (χ0n) is 14.1. The number of nitrogens with zero attached hydrogens (tertiary/aromatic N) is 3. The third-order valence-electron chi connectivity index (χ3n) is 3.24. The van der Waals surface area contributed by atoms with Gasteiger partial charge in [-0.05, 0) is 31.2 Å². The molecule has 138 valence electrons. The van der Waals surface area contributed by atoms with Crippen LogP contribution in [0.4, 0.5) is 17.1 Å². The molecule has 0 spiro atoms. The molecule has 0 aliphatic carbocycles. The van der Waals surface area contributed by atoms with Gasteiger partial charge in [-0.1, -0.05) is 0 Å². The lowest BCUT2D eigenvalue weighted by atomic mass is 10.1. The summed E-state index contributed by atoms with van der Waals surface area (Å²) in [6, 6.07) is 8.83. The number of benzene rings is 2. The third kappa shape index (κ3) is 5.12. The summed E-state index contributed by atoms with van der Waals surface area (Å²) in [5, 5.41) is 31.5. The normalized spacial score (nSPS) is 9.50. The van der Waals surface area contributed by atoms with Crippen LogP contribution < -0.4 is 9.47 Å². The molecule has 0 saturated heterocycles. The summed E-state index contributed by atoms with van der Waals surface area (Å²) in [6.07, 6.45) is 0. The fourth-order valence-corrected chi connectivity index (χ4v) is 1.87. The minimum atomic E-state index is -0.917. The number of hydrogen-bond acceptors (Lipinski definition) is 8. The minimum Gasteiger partial charge on any atom is -0.497 e. The Morgan fingerprint density at radius 2 is 1.08 bits per heavy atom. The smallest absolute Gasteiger partial charge is 0.286 e. The second-order valence-electron chi connectivity index (χ2n) is 4.76. The van der Waals surface area contributed by atoms with Crippen LogP contribution >= 0.6 is 0 Å². The summed E-state index contributed by atoms with van der Waals surface area (Å²) in [5.74, 6) is 1.70. The van der Waals surface area contributed by atoms with Crippen molar-refractivity contribution >= 4 is 17.1 Å². The van der Waals surface area contributed by atoms with E-state index in [4.69, 9.17) is 9.47 Å². The van der Waals surface area contributed by atoms with Crippen molar-refractivity contribution in [3.05, 3.63) is 72.3 Å². The Bertz CT molecular complexity index is 762. The SMILES string of the molecule is COc1ccc(OC)cc1.Cc1c([N+](=O)[O-])cc([N+](=O)[O-])cc1[N+](=O)[O-]. The van der Waals surface area contributed by atoms with Crippen molar-refractivity contribution in [2.24, 2.45) is 0 Å². The van der Waals surface area contributed by atoms with Crippen molar-refractivity contribution in [2.45, 2.75) is 6.92 Å². The van der Waals surface area contributed by atoms with Crippen LogP contribution in [0, 0.1) is 37.3 Å². The molecule has 0 aliphatic rings. The number of nitro groups is 3. The third-order valence-corrected chi connectivity index (χ3v) is 3.24.